The summed E-state index contributed by atoms with van der Waals surface area (Å²) in [7, 11) is 0. The number of phenolic OH excluding ortho intramolecular Hbond substituents is 1. The summed E-state index contributed by atoms with van der Waals surface area (Å²) in [5.74, 6) is -0.426. The summed E-state index contributed by atoms with van der Waals surface area (Å²) in [6.45, 7) is 7.26. The number of benzene rings is 1. The Balaban J connectivity index is 2.83. The zero-order valence-electron chi connectivity index (χ0n) is 10.5. The van der Waals surface area contributed by atoms with Crippen LogP contribution < -0.4 is 4.72 Å². The highest BCUT2D eigenvalue weighted by atomic mass is 32.2. The van der Waals surface area contributed by atoms with Gasteiger partial charge in [-0.25, -0.2) is 4.39 Å². The Bertz CT molecular complexity index is 393. The van der Waals surface area contributed by atoms with Crippen LogP contribution in [0.2, 0.25) is 0 Å². The van der Waals surface area contributed by atoms with Crippen molar-refractivity contribution >= 4 is 11.4 Å². The minimum atomic E-state index is -1.27. The van der Waals surface area contributed by atoms with Crippen molar-refractivity contribution in [1.82, 2.24) is 4.72 Å². The van der Waals surface area contributed by atoms with Gasteiger partial charge in [0.15, 0.2) is 0 Å². The van der Waals surface area contributed by atoms with Crippen LogP contribution in [0.3, 0.4) is 0 Å². The lowest BCUT2D eigenvalue weighted by Gasteiger charge is -2.26. The summed E-state index contributed by atoms with van der Waals surface area (Å²) >= 11 is -1.27. The van der Waals surface area contributed by atoms with Gasteiger partial charge in [0, 0.05) is 16.9 Å². The SMILES string of the molecule is CC(N[S+]([O-])C(C)(C)C)c1cc(F)ccc1O. The lowest BCUT2D eigenvalue weighted by atomic mass is 10.1. The summed E-state index contributed by atoms with van der Waals surface area (Å²) in [5.41, 5.74) is 0.405. The monoisotopic (exact) mass is 259 g/mol. The standard InChI is InChI=1S/C12H18FNO2S/c1-8(14-17(16)12(2,3)4)10-7-9(13)5-6-11(10)15/h5-8,14-15H,1-4H3. The lowest BCUT2D eigenvalue weighted by molar-refractivity contribution is 0.456. The van der Waals surface area contributed by atoms with E-state index in [2.05, 4.69) is 4.72 Å². The maximum Gasteiger partial charge on any atom is 0.136 e. The van der Waals surface area contributed by atoms with Crippen LogP contribution in [-0.4, -0.2) is 14.4 Å². The van der Waals surface area contributed by atoms with E-state index in [1.807, 2.05) is 20.8 Å². The van der Waals surface area contributed by atoms with Crippen molar-refractivity contribution in [2.45, 2.75) is 38.5 Å². The van der Waals surface area contributed by atoms with Crippen LogP contribution >= 0.6 is 0 Å². The van der Waals surface area contributed by atoms with Gasteiger partial charge in [-0.05, 0) is 45.9 Å². The molecule has 0 aromatic heterocycles. The number of hydrogen-bond donors (Lipinski definition) is 2. The fourth-order valence-corrected chi connectivity index (χ4v) is 2.07. The Morgan fingerprint density at radius 3 is 2.53 bits per heavy atom. The second kappa shape index (κ2) is 5.25. The van der Waals surface area contributed by atoms with E-state index < -0.39 is 21.9 Å². The summed E-state index contributed by atoms with van der Waals surface area (Å²) < 4.78 is 27.4. The lowest BCUT2D eigenvalue weighted by Crippen LogP contribution is -2.40. The number of hydrogen-bond acceptors (Lipinski definition) is 3. The molecule has 0 aliphatic rings. The van der Waals surface area contributed by atoms with Gasteiger partial charge in [-0.15, -0.1) is 4.72 Å². The van der Waals surface area contributed by atoms with Crippen molar-refractivity contribution in [3.63, 3.8) is 0 Å². The van der Waals surface area contributed by atoms with Gasteiger partial charge >= 0.3 is 0 Å². The van der Waals surface area contributed by atoms with Gasteiger partial charge in [-0.2, -0.15) is 0 Å². The molecule has 2 N–H and O–H groups in total. The number of rotatable bonds is 3. The van der Waals surface area contributed by atoms with Crippen LogP contribution in [0, 0.1) is 5.82 Å². The Labute approximate surface area is 104 Å². The molecular formula is C12H18FNO2S. The average molecular weight is 259 g/mol. The van der Waals surface area contributed by atoms with Crippen LogP contribution in [0.4, 0.5) is 4.39 Å². The molecule has 96 valence electrons. The molecule has 0 spiro atoms. The Morgan fingerprint density at radius 2 is 2.00 bits per heavy atom. The topological polar surface area (TPSA) is 55.3 Å². The zero-order chi connectivity index (χ0) is 13.2. The van der Waals surface area contributed by atoms with Crippen molar-refractivity contribution in [3.05, 3.63) is 29.6 Å². The summed E-state index contributed by atoms with van der Waals surface area (Å²) in [5, 5.41) is 9.62. The molecule has 0 radical (unpaired) electrons. The first-order valence-electron chi connectivity index (χ1n) is 5.38. The van der Waals surface area contributed by atoms with Gasteiger partial charge in [0.2, 0.25) is 0 Å². The first-order valence-corrected chi connectivity index (χ1v) is 6.53. The van der Waals surface area contributed by atoms with Gasteiger partial charge in [-0.3, -0.25) is 0 Å². The highest BCUT2D eigenvalue weighted by Gasteiger charge is 2.29. The molecule has 17 heavy (non-hydrogen) atoms. The molecule has 0 amide bonds. The molecule has 0 saturated carbocycles. The predicted molar refractivity (Wildman–Crippen MR) is 67.5 cm³/mol. The second-order valence-electron chi connectivity index (χ2n) is 4.92. The van der Waals surface area contributed by atoms with Gasteiger partial charge in [-0.1, -0.05) is 0 Å². The van der Waals surface area contributed by atoms with E-state index in [4.69, 9.17) is 0 Å². The highest BCUT2D eigenvalue weighted by Crippen LogP contribution is 2.26. The van der Waals surface area contributed by atoms with Crippen molar-refractivity contribution < 1.29 is 14.0 Å². The van der Waals surface area contributed by atoms with Gasteiger partial charge in [0.05, 0.1) is 6.04 Å². The van der Waals surface area contributed by atoms with Crippen LogP contribution in [0.15, 0.2) is 18.2 Å². The van der Waals surface area contributed by atoms with Crippen molar-refractivity contribution in [3.8, 4) is 5.75 Å². The molecule has 0 bridgehead atoms. The molecule has 0 saturated heterocycles. The average Bonchev–Trinajstić information content (AvgIpc) is 2.20. The van der Waals surface area contributed by atoms with Crippen molar-refractivity contribution in [2.75, 3.05) is 0 Å². The van der Waals surface area contributed by atoms with Crippen molar-refractivity contribution in [1.29, 1.82) is 0 Å². The molecule has 0 aliphatic heterocycles. The number of phenols is 1. The predicted octanol–water partition coefficient (Wildman–Crippen LogP) is 2.64. The van der Waals surface area contributed by atoms with E-state index in [0.717, 1.165) is 0 Å². The third-order valence-electron chi connectivity index (χ3n) is 2.30. The van der Waals surface area contributed by atoms with Gasteiger partial charge in [0.25, 0.3) is 0 Å². The molecular weight excluding hydrogens is 241 g/mol. The molecule has 0 heterocycles. The maximum absolute atomic E-state index is 13.1. The van der Waals surface area contributed by atoms with Gasteiger partial charge < -0.3 is 9.66 Å². The molecule has 1 aromatic rings. The summed E-state index contributed by atoms with van der Waals surface area (Å²) in [6.07, 6.45) is 0. The van der Waals surface area contributed by atoms with Crippen molar-refractivity contribution in [2.24, 2.45) is 0 Å². The van der Waals surface area contributed by atoms with E-state index in [0.29, 0.717) is 5.56 Å². The fourth-order valence-electron chi connectivity index (χ4n) is 1.27. The number of halogens is 1. The normalized spacial score (nSPS) is 15.6. The summed E-state index contributed by atoms with van der Waals surface area (Å²) in [6, 6.07) is 3.34. The smallest absolute Gasteiger partial charge is 0.136 e. The Kier molecular flexibility index (Phi) is 4.41. The molecule has 2 unspecified atom stereocenters. The molecule has 2 atom stereocenters. The van der Waals surface area contributed by atoms with E-state index in [-0.39, 0.29) is 11.8 Å². The minimum absolute atomic E-state index is 0.00249. The molecule has 0 aliphatic carbocycles. The van der Waals surface area contributed by atoms with Crippen LogP contribution in [0.25, 0.3) is 0 Å². The first-order chi connectivity index (χ1) is 7.71. The highest BCUT2D eigenvalue weighted by molar-refractivity contribution is 7.90. The van der Waals surface area contributed by atoms with E-state index >= 15 is 0 Å². The fraction of sp³-hybridized carbons (Fsp3) is 0.500. The van der Waals surface area contributed by atoms with E-state index in [1.165, 1.54) is 18.2 Å². The second-order valence-corrected chi connectivity index (χ2v) is 6.92. The Morgan fingerprint density at radius 1 is 1.41 bits per heavy atom. The van der Waals surface area contributed by atoms with E-state index in [1.54, 1.807) is 6.92 Å². The molecule has 1 aromatic carbocycles. The maximum atomic E-state index is 13.1. The van der Waals surface area contributed by atoms with E-state index in [9.17, 15) is 14.0 Å². The molecule has 1 rings (SSSR count). The van der Waals surface area contributed by atoms with Gasteiger partial charge in [0.1, 0.15) is 16.3 Å². The largest absolute Gasteiger partial charge is 0.598 e. The first kappa shape index (κ1) is 14.3. The molecule has 3 nitrogen and oxygen atoms in total. The number of nitrogens with one attached hydrogen (secondary N) is 1. The van der Waals surface area contributed by atoms with Crippen LogP contribution in [0.5, 0.6) is 5.75 Å². The Hall–Kier alpha value is -0.780. The summed E-state index contributed by atoms with van der Waals surface area (Å²) in [4.78, 5) is 0. The quantitative estimate of drug-likeness (QED) is 0.820. The third kappa shape index (κ3) is 3.87. The minimum Gasteiger partial charge on any atom is -0.598 e. The molecule has 0 fully saturated rings. The zero-order valence-corrected chi connectivity index (χ0v) is 11.3. The number of aromatic hydroxyl groups is 1. The van der Waals surface area contributed by atoms with Crippen LogP contribution in [0.1, 0.15) is 39.3 Å². The van der Waals surface area contributed by atoms with Crippen LogP contribution in [-0.2, 0) is 11.4 Å². The third-order valence-corrected chi connectivity index (χ3v) is 3.98. The molecule has 5 heteroatoms.